The summed E-state index contributed by atoms with van der Waals surface area (Å²) in [6.07, 6.45) is -8.62. The minimum absolute atomic E-state index is 0.152. The van der Waals surface area contributed by atoms with Gasteiger partial charge < -0.3 is 14.4 Å². The maximum atomic E-state index is 14.3. The molecule has 5 nitrogen and oxygen atoms in total. The molecule has 2 aromatic rings. The van der Waals surface area contributed by atoms with E-state index in [1.807, 2.05) is 0 Å². The Morgan fingerprint density at radius 3 is 2.31 bits per heavy atom. The number of nitrogens with zero attached hydrogens (tertiary/aromatic N) is 2. The zero-order valence-corrected chi connectivity index (χ0v) is 16.7. The van der Waals surface area contributed by atoms with Gasteiger partial charge in [-0.1, -0.05) is 6.07 Å². The number of hydrogen-bond acceptors (Lipinski definition) is 3. The molecule has 0 radical (unpaired) electrons. The fourth-order valence-corrected chi connectivity index (χ4v) is 3.83. The SMILES string of the molecule is C[C@@H](N1CCN(c2ccc(OC(F)(F)C(F)F)cc2)C1=O)[C@@]1(c2ccc(F)cc2F)CO1. The van der Waals surface area contributed by atoms with E-state index in [1.165, 1.54) is 28.0 Å². The van der Waals surface area contributed by atoms with Crippen molar-refractivity contribution in [3.63, 3.8) is 0 Å². The molecule has 0 unspecified atom stereocenters. The zero-order valence-electron chi connectivity index (χ0n) is 16.7. The molecule has 2 aromatic carbocycles. The normalized spacial score (nSPS) is 21.9. The molecule has 0 bridgehead atoms. The number of carbonyl (C=O) groups excluding carboxylic acids is 1. The molecule has 0 spiro atoms. The predicted octanol–water partition coefficient (Wildman–Crippen LogP) is 4.76. The van der Waals surface area contributed by atoms with E-state index in [4.69, 9.17) is 4.74 Å². The van der Waals surface area contributed by atoms with Gasteiger partial charge in [-0.2, -0.15) is 17.6 Å². The quantitative estimate of drug-likeness (QED) is 0.442. The minimum Gasteiger partial charge on any atom is -0.428 e. The van der Waals surface area contributed by atoms with Gasteiger partial charge in [-0.3, -0.25) is 4.90 Å². The molecule has 2 aliphatic heterocycles. The van der Waals surface area contributed by atoms with E-state index in [0.717, 1.165) is 24.3 Å². The Balaban J connectivity index is 1.48. The van der Waals surface area contributed by atoms with Crippen LogP contribution in [-0.2, 0) is 10.3 Å². The Hall–Kier alpha value is -2.95. The molecule has 2 amide bonds. The van der Waals surface area contributed by atoms with Crippen molar-refractivity contribution in [2.75, 3.05) is 24.6 Å². The lowest BCUT2D eigenvalue weighted by Gasteiger charge is -2.30. The number of ether oxygens (including phenoxy) is 2. The number of urea groups is 1. The molecule has 0 aliphatic carbocycles. The molecule has 0 N–H and O–H groups in total. The van der Waals surface area contributed by atoms with Crippen molar-refractivity contribution in [2.24, 2.45) is 0 Å². The average Bonchev–Trinajstić information content (AvgIpc) is 3.44. The summed E-state index contributed by atoms with van der Waals surface area (Å²) in [5, 5.41) is 0. The number of epoxide rings is 1. The van der Waals surface area contributed by atoms with Crippen LogP contribution in [0.25, 0.3) is 0 Å². The van der Waals surface area contributed by atoms with Crippen molar-refractivity contribution < 1.29 is 40.6 Å². The molecule has 2 aliphatic rings. The van der Waals surface area contributed by atoms with E-state index in [9.17, 15) is 31.1 Å². The Morgan fingerprint density at radius 2 is 1.75 bits per heavy atom. The number of alkyl halides is 4. The van der Waals surface area contributed by atoms with Gasteiger partial charge in [0.05, 0.1) is 12.6 Å². The lowest BCUT2D eigenvalue weighted by atomic mass is 9.91. The predicted molar refractivity (Wildman–Crippen MR) is 101 cm³/mol. The summed E-state index contributed by atoms with van der Waals surface area (Å²) in [5.41, 5.74) is -0.600. The van der Waals surface area contributed by atoms with E-state index < -0.39 is 47.6 Å². The summed E-state index contributed by atoms with van der Waals surface area (Å²) in [5.74, 6) is -1.97. The molecule has 4 rings (SSSR count). The summed E-state index contributed by atoms with van der Waals surface area (Å²) < 4.78 is 87.8. The highest BCUT2D eigenvalue weighted by Crippen LogP contribution is 2.46. The standard InChI is InChI=1S/C21H18F6N2O3/c1-12(20(11-31-20)16-7-2-13(22)10-17(16)23)28-8-9-29(19(28)30)14-3-5-15(6-4-14)32-21(26,27)18(24)25/h2-7,10,12,18H,8-9,11H2,1H3/t12-,20-/m1/s1. The van der Waals surface area contributed by atoms with Crippen molar-refractivity contribution in [1.82, 2.24) is 4.90 Å². The number of halogens is 6. The number of anilines is 1. The van der Waals surface area contributed by atoms with Crippen LogP contribution in [0.15, 0.2) is 42.5 Å². The van der Waals surface area contributed by atoms with Gasteiger partial charge in [0.15, 0.2) is 0 Å². The zero-order chi connectivity index (χ0) is 23.3. The number of hydrogen-bond donors (Lipinski definition) is 0. The third kappa shape index (κ3) is 3.85. The Labute approximate surface area is 179 Å². The minimum atomic E-state index is -4.63. The van der Waals surface area contributed by atoms with Crippen LogP contribution in [0.4, 0.5) is 36.8 Å². The highest BCUT2D eigenvalue weighted by Gasteiger charge is 2.56. The third-order valence-electron chi connectivity index (χ3n) is 5.68. The van der Waals surface area contributed by atoms with Crippen molar-refractivity contribution in [3.8, 4) is 5.75 Å². The number of amides is 2. The van der Waals surface area contributed by atoms with Gasteiger partial charge in [0.2, 0.25) is 0 Å². The van der Waals surface area contributed by atoms with Crippen LogP contribution < -0.4 is 9.64 Å². The number of carbonyl (C=O) groups is 1. The molecule has 32 heavy (non-hydrogen) atoms. The second-order valence-corrected chi connectivity index (χ2v) is 7.56. The Kier molecular flexibility index (Phi) is 5.48. The average molecular weight is 460 g/mol. The molecule has 2 atom stereocenters. The lowest BCUT2D eigenvalue weighted by molar-refractivity contribution is -0.253. The summed E-state index contributed by atoms with van der Waals surface area (Å²) >= 11 is 0. The highest BCUT2D eigenvalue weighted by atomic mass is 19.3. The largest absolute Gasteiger partial charge is 0.461 e. The Morgan fingerprint density at radius 1 is 1.09 bits per heavy atom. The lowest BCUT2D eigenvalue weighted by Crippen LogP contribution is -2.45. The summed E-state index contributed by atoms with van der Waals surface area (Å²) in [4.78, 5) is 15.8. The fraction of sp³-hybridized carbons (Fsp3) is 0.381. The second-order valence-electron chi connectivity index (χ2n) is 7.56. The highest BCUT2D eigenvalue weighted by molar-refractivity contribution is 5.94. The summed E-state index contributed by atoms with van der Waals surface area (Å²) in [7, 11) is 0. The van der Waals surface area contributed by atoms with Crippen molar-refractivity contribution >= 4 is 11.7 Å². The monoisotopic (exact) mass is 460 g/mol. The molecule has 0 aromatic heterocycles. The van der Waals surface area contributed by atoms with Gasteiger partial charge in [0, 0.05) is 30.4 Å². The third-order valence-corrected chi connectivity index (χ3v) is 5.68. The molecule has 2 heterocycles. The van der Waals surface area contributed by atoms with Crippen LogP contribution in [0.2, 0.25) is 0 Å². The van der Waals surface area contributed by atoms with Crippen LogP contribution in [0.1, 0.15) is 12.5 Å². The first kappa shape index (κ1) is 22.3. The van der Waals surface area contributed by atoms with E-state index in [2.05, 4.69) is 4.74 Å². The van der Waals surface area contributed by atoms with Gasteiger partial charge >= 0.3 is 18.6 Å². The Bertz CT molecular complexity index is 1010. The fourth-order valence-electron chi connectivity index (χ4n) is 3.83. The first-order valence-electron chi connectivity index (χ1n) is 9.68. The molecular weight excluding hydrogens is 442 g/mol. The molecule has 172 valence electrons. The van der Waals surface area contributed by atoms with Crippen LogP contribution in [0, 0.1) is 11.6 Å². The number of benzene rings is 2. The van der Waals surface area contributed by atoms with E-state index in [0.29, 0.717) is 5.69 Å². The molecule has 0 saturated carbocycles. The summed E-state index contributed by atoms with van der Waals surface area (Å²) in [6.45, 7) is 2.37. The van der Waals surface area contributed by atoms with Crippen LogP contribution in [0.5, 0.6) is 5.75 Å². The van der Waals surface area contributed by atoms with Gasteiger partial charge in [-0.15, -0.1) is 0 Å². The summed E-state index contributed by atoms with van der Waals surface area (Å²) in [6, 6.07) is 6.87. The number of rotatable bonds is 7. The smallest absolute Gasteiger partial charge is 0.428 e. The van der Waals surface area contributed by atoms with Crippen LogP contribution in [0.3, 0.4) is 0 Å². The van der Waals surface area contributed by atoms with Crippen LogP contribution in [-0.4, -0.2) is 49.2 Å². The van der Waals surface area contributed by atoms with E-state index >= 15 is 0 Å². The van der Waals surface area contributed by atoms with Crippen molar-refractivity contribution in [2.45, 2.75) is 31.1 Å². The topological polar surface area (TPSA) is 45.3 Å². The van der Waals surface area contributed by atoms with Gasteiger partial charge in [0.25, 0.3) is 0 Å². The van der Waals surface area contributed by atoms with Crippen LogP contribution >= 0.6 is 0 Å². The second kappa shape index (κ2) is 7.88. The van der Waals surface area contributed by atoms with E-state index in [1.54, 1.807) is 6.92 Å². The maximum Gasteiger partial charge on any atom is 0.461 e. The molecule has 11 heteroatoms. The molecular formula is C21H18F6N2O3. The van der Waals surface area contributed by atoms with Crippen molar-refractivity contribution in [1.29, 1.82) is 0 Å². The molecule has 2 saturated heterocycles. The van der Waals surface area contributed by atoms with Crippen molar-refractivity contribution in [3.05, 3.63) is 59.7 Å². The van der Waals surface area contributed by atoms with Gasteiger partial charge in [0.1, 0.15) is 23.0 Å². The molecule has 2 fully saturated rings. The van der Waals surface area contributed by atoms with E-state index in [-0.39, 0.29) is 25.3 Å². The maximum absolute atomic E-state index is 14.3. The first-order valence-corrected chi connectivity index (χ1v) is 9.68. The first-order chi connectivity index (χ1) is 15.0. The van der Waals surface area contributed by atoms with Gasteiger partial charge in [-0.05, 0) is 37.3 Å². The van der Waals surface area contributed by atoms with Gasteiger partial charge in [-0.25, -0.2) is 13.6 Å².